The normalized spacial score (nSPS) is 12.7. The van der Waals surface area contributed by atoms with Gasteiger partial charge in [-0.15, -0.1) is 0 Å². The number of hydrogen-bond acceptors (Lipinski definition) is 3. The van der Waals surface area contributed by atoms with Gasteiger partial charge in [-0.25, -0.2) is 0 Å². The number of amides is 2. The number of rotatable bonds is 6. The summed E-state index contributed by atoms with van der Waals surface area (Å²) < 4.78 is 0. The molecule has 0 rings (SSSR count). The van der Waals surface area contributed by atoms with Gasteiger partial charge in [-0.1, -0.05) is 20.8 Å². The predicted octanol–water partition coefficient (Wildman–Crippen LogP) is 0.860. The van der Waals surface area contributed by atoms with Gasteiger partial charge in [0.15, 0.2) is 0 Å². The van der Waals surface area contributed by atoms with Gasteiger partial charge in [0.1, 0.15) is 0 Å². The minimum Gasteiger partial charge on any atom is -0.481 e. The molecule has 1 atom stereocenters. The number of carboxylic acid groups (broad SMARTS) is 1. The molecule has 0 aromatic carbocycles. The Morgan fingerprint density at radius 3 is 2.16 bits per heavy atom. The van der Waals surface area contributed by atoms with E-state index in [-0.39, 0.29) is 30.8 Å². The van der Waals surface area contributed by atoms with E-state index in [1.165, 1.54) is 4.90 Å². The first kappa shape index (κ1) is 17.4. The molecule has 1 unspecified atom stereocenters. The summed E-state index contributed by atoms with van der Waals surface area (Å²) in [6.45, 7) is 9.06. The Hall–Kier alpha value is -1.59. The standard InChI is InChI=1S/C13H24N2O4/c1-6-15(9(2)7-11(17)18)10(16)8-14-12(19)13(3,4)5/h9H,6-8H2,1-5H3,(H,14,19)(H,17,18). The van der Waals surface area contributed by atoms with Crippen molar-refractivity contribution in [1.82, 2.24) is 10.2 Å². The molecule has 0 bridgehead atoms. The molecular weight excluding hydrogens is 248 g/mol. The summed E-state index contributed by atoms with van der Waals surface area (Å²) in [5, 5.41) is 11.3. The SMILES string of the molecule is CCN(C(=O)CNC(=O)C(C)(C)C)C(C)CC(=O)O. The van der Waals surface area contributed by atoms with Crippen LogP contribution in [-0.2, 0) is 14.4 Å². The van der Waals surface area contributed by atoms with E-state index in [0.717, 1.165) is 0 Å². The summed E-state index contributed by atoms with van der Waals surface area (Å²) in [5.41, 5.74) is -0.552. The maximum Gasteiger partial charge on any atom is 0.305 e. The molecule has 0 aliphatic heterocycles. The molecule has 6 heteroatoms. The van der Waals surface area contributed by atoms with Crippen molar-refractivity contribution in [3.8, 4) is 0 Å². The van der Waals surface area contributed by atoms with Crippen LogP contribution in [-0.4, -0.2) is 46.9 Å². The first-order chi connectivity index (χ1) is 8.59. The summed E-state index contributed by atoms with van der Waals surface area (Å²) in [6, 6.07) is -0.387. The van der Waals surface area contributed by atoms with Gasteiger partial charge in [-0.05, 0) is 13.8 Å². The van der Waals surface area contributed by atoms with Gasteiger partial charge in [0, 0.05) is 18.0 Å². The van der Waals surface area contributed by atoms with Gasteiger partial charge >= 0.3 is 5.97 Å². The van der Waals surface area contributed by atoms with Gasteiger partial charge in [-0.3, -0.25) is 14.4 Å². The molecule has 0 saturated heterocycles. The molecule has 0 aliphatic carbocycles. The fourth-order valence-corrected chi connectivity index (χ4v) is 1.62. The number of nitrogens with zero attached hydrogens (tertiary/aromatic N) is 1. The van der Waals surface area contributed by atoms with Crippen LogP contribution in [0.4, 0.5) is 0 Å². The zero-order chi connectivity index (χ0) is 15.2. The van der Waals surface area contributed by atoms with Crippen molar-refractivity contribution in [3.63, 3.8) is 0 Å². The molecule has 6 nitrogen and oxygen atoms in total. The molecule has 2 N–H and O–H groups in total. The number of aliphatic carboxylic acids is 1. The third-order valence-corrected chi connectivity index (χ3v) is 2.74. The lowest BCUT2D eigenvalue weighted by molar-refractivity contribution is -0.141. The Bertz CT molecular complexity index is 347. The van der Waals surface area contributed by atoms with E-state index in [4.69, 9.17) is 5.11 Å². The lowest BCUT2D eigenvalue weighted by Crippen LogP contribution is -2.47. The molecule has 19 heavy (non-hydrogen) atoms. The maximum atomic E-state index is 11.9. The first-order valence-corrected chi connectivity index (χ1v) is 6.39. The van der Waals surface area contributed by atoms with Gasteiger partial charge in [0.2, 0.25) is 11.8 Å². The Morgan fingerprint density at radius 1 is 1.26 bits per heavy atom. The number of carbonyl (C=O) groups excluding carboxylic acids is 2. The minimum absolute atomic E-state index is 0.103. The van der Waals surface area contributed by atoms with Crippen LogP contribution in [0.2, 0.25) is 0 Å². The number of likely N-dealkylation sites (N-methyl/N-ethyl adjacent to an activating group) is 1. The topological polar surface area (TPSA) is 86.7 Å². The van der Waals surface area contributed by atoms with Crippen LogP contribution in [0.25, 0.3) is 0 Å². The molecule has 0 saturated carbocycles. The predicted molar refractivity (Wildman–Crippen MR) is 71.6 cm³/mol. The molecule has 0 heterocycles. The fraction of sp³-hybridized carbons (Fsp3) is 0.769. The second-order valence-electron chi connectivity index (χ2n) is 5.56. The van der Waals surface area contributed by atoms with Gasteiger partial charge in [-0.2, -0.15) is 0 Å². The monoisotopic (exact) mass is 272 g/mol. The second-order valence-corrected chi connectivity index (χ2v) is 5.56. The van der Waals surface area contributed by atoms with Gasteiger partial charge < -0.3 is 15.3 Å². The van der Waals surface area contributed by atoms with Crippen molar-refractivity contribution in [1.29, 1.82) is 0 Å². The minimum atomic E-state index is -0.947. The Balaban J connectivity index is 4.45. The van der Waals surface area contributed by atoms with E-state index < -0.39 is 11.4 Å². The average molecular weight is 272 g/mol. The lowest BCUT2D eigenvalue weighted by Gasteiger charge is -2.27. The molecule has 2 amide bonds. The molecule has 0 fully saturated rings. The molecule has 0 radical (unpaired) electrons. The lowest BCUT2D eigenvalue weighted by atomic mass is 9.96. The molecule has 0 aromatic heterocycles. The Morgan fingerprint density at radius 2 is 1.79 bits per heavy atom. The number of hydrogen-bond donors (Lipinski definition) is 2. The van der Waals surface area contributed by atoms with Crippen molar-refractivity contribution in [2.75, 3.05) is 13.1 Å². The largest absolute Gasteiger partial charge is 0.481 e. The quantitative estimate of drug-likeness (QED) is 0.751. The third-order valence-electron chi connectivity index (χ3n) is 2.74. The van der Waals surface area contributed by atoms with Crippen molar-refractivity contribution in [3.05, 3.63) is 0 Å². The van der Waals surface area contributed by atoms with Crippen LogP contribution in [0, 0.1) is 5.41 Å². The fourth-order valence-electron chi connectivity index (χ4n) is 1.62. The average Bonchev–Trinajstić information content (AvgIpc) is 2.24. The highest BCUT2D eigenvalue weighted by Gasteiger charge is 2.24. The molecular formula is C13H24N2O4. The maximum absolute atomic E-state index is 11.9. The van der Waals surface area contributed by atoms with E-state index in [2.05, 4.69) is 5.32 Å². The van der Waals surface area contributed by atoms with Crippen LogP contribution in [0.1, 0.15) is 41.0 Å². The van der Waals surface area contributed by atoms with Gasteiger partial charge in [0.05, 0.1) is 13.0 Å². The number of carbonyl (C=O) groups is 3. The number of carboxylic acids is 1. The first-order valence-electron chi connectivity index (χ1n) is 6.39. The van der Waals surface area contributed by atoms with Crippen molar-refractivity contribution in [2.45, 2.75) is 47.1 Å². The van der Waals surface area contributed by atoms with Crippen LogP contribution in [0.3, 0.4) is 0 Å². The second kappa shape index (κ2) is 7.11. The van der Waals surface area contributed by atoms with E-state index in [9.17, 15) is 14.4 Å². The molecule has 0 aromatic rings. The number of nitrogens with one attached hydrogen (secondary N) is 1. The zero-order valence-electron chi connectivity index (χ0n) is 12.3. The van der Waals surface area contributed by atoms with Crippen LogP contribution in [0.15, 0.2) is 0 Å². The summed E-state index contributed by atoms with van der Waals surface area (Å²) in [7, 11) is 0. The smallest absolute Gasteiger partial charge is 0.305 e. The summed E-state index contributed by atoms with van der Waals surface area (Å²) in [6.07, 6.45) is -0.104. The Kier molecular flexibility index (Phi) is 6.52. The van der Waals surface area contributed by atoms with Crippen molar-refractivity contribution < 1.29 is 19.5 Å². The third kappa shape index (κ3) is 6.22. The van der Waals surface area contributed by atoms with Crippen molar-refractivity contribution in [2.24, 2.45) is 5.41 Å². The summed E-state index contributed by atoms with van der Waals surface area (Å²) >= 11 is 0. The molecule has 0 aliphatic rings. The highest BCUT2D eigenvalue weighted by Crippen LogP contribution is 2.12. The van der Waals surface area contributed by atoms with E-state index in [0.29, 0.717) is 6.54 Å². The van der Waals surface area contributed by atoms with E-state index in [1.807, 2.05) is 0 Å². The van der Waals surface area contributed by atoms with Crippen molar-refractivity contribution >= 4 is 17.8 Å². The Labute approximate surface area is 114 Å². The van der Waals surface area contributed by atoms with Crippen LogP contribution < -0.4 is 5.32 Å². The van der Waals surface area contributed by atoms with Crippen LogP contribution >= 0.6 is 0 Å². The van der Waals surface area contributed by atoms with E-state index in [1.54, 1.807) is 34.6 Å². The molecule has 0 spiro atoms. The van der Waals surface area contributed by atoms with E-state index >= 15 is 0 Å². The van der Waals surface area contributed by atoms with Gasteiger partial charge in [0.25, 0.3) is 0 Å². The zero-order valence-corrected chi connectivity index (χ0v) is 12.3. The summed E-state index contributed by atoms with van der Waals surface area (Å²) in [4.78, 5) is 35.7. The highest BCUT2D eigenvalue weighted by molar-refractivity contribution is 5.87. The molecule has 110 valence electrons. The summed E-state index contributed by atoms with van der Waals surface area (Å²) in [5.74, 6) is -1.42. The van der Waals surface area contributed by atoms with Crippen LogP contribution in [0.5, 0.6) is 0 Å². The highest BCUT2D eigenvalue weighted by atomic mass is 16.4.